The predicted octanol–water partition coefficient (Wildman–Crippen LogP) is 2.90. The molecule has 1 heterocycles. The average molecular weight is 359 g/mol. The molecule has 1 amide bonds. The minimum Gasteiger partial charge on any atom is -0.373 e. The van der Waals surface area contributed by atoms with E-state index < -0.39 is 27.3 Å². The number of amides is 1. The second kappa shape index (κ2) is 7.37. The van der Waals surface area contributed by atoms with Crippen LogP contribution < -0.4 is 4.72 Å². The Hall–Kier alpha value is -2.18. The summed E-state index contributed by atoms with van der Waals surface area (Å²) >= 11 is 0. The summed E-state index contributed by atoms with van der Waals surface area (Å²) < 4.78 is 32.8. The van der Waals surface area contributed by atoms with Crippen molar-refractivity contribution in [3.8, 4) is 0 Å². The van der Waals surface area contributed by atoms with Crippen LogP contribution in [0.4, 0.5) is 0 Å². The van der Waals surface area contributed by atoms with E-state index in [9.17, 15) is 13.2 Å². The van der Waals surface area contributed by atoms with E-state index in [1.807, 2.05) is 30.3 Å². The molecule has 5 nitrogen and oxygen atoms in total. The maximum Gasteiger partial charge on any atom is 0.241 e. The van der Waals surface area contributed by atoms with Crippen LogP contribution in [0.3, 0.4) is 0 Å². The van der Waals surface area contributed by atoms with Crippen molar-refractivity contribution >= 4 is 15.9 Å². The molecule has 1 aliphatic rings. The Labute approximate surface area is 148 Å². The van der Waals surface area contributed by atoms with Gasteiger partial charge in [0.25, 0.3) is 0 Å². The smallest absolute Gasteiger partial charge is 0.241 e. The fourth-order valence-electron chi connectivity index (χ4n) is 3.01. The van der Waals surface area contributed by atoms with Gasteiger partial charge in [-0.05, 0) is 30.0 Å². The van der Waals surface area contributed by atoms with Gasteiger partial charge in [0.2, 0.25) is 15.9 Å². The van der Waals surface area contributed by atoms with E-state index in [-0.39, 0.29) is 6.42 Å². The molecule has 0 radical (unpaired) electrons. The molecule has 0 fully saturated rings. The number of hydrogen-bond donors (Lipinski definition) is 1. The zero-order valence-electron chi connectivity index (χ0n) is 14.0. The third kappa shape index (κ3) is 4.08. The summed E-state index contributed by atoms with van der Waals surface area (Å²) in [5.41, 5.74) is 2.74. The minimum absolute atomic E-state index is 0.0161. The second-order valence-corrected chi connectivity index (χ2v) is 8.14. The molecule has 0 unspecified atom stereocenters. The SMILES string of the molecule is C[C@H](c1ccccc1)S(=O)(=O)NC(=O)C[C@H]1OCCc2ccccc21. The van der Waals surface area contributed by atoms with Crippen LogP contribution in [0.5, 0.6) is 0 Å². The first-order valence-electron chi connectivity index (χ1n) is 8.26. The molecule has 0 bridgehead atoms. The highest BCUT2D eigenvalue weighted by atomic mass is 32.2. The van der Waals surface area contributed by atoms with Gasteiger partial charge >= 0.3 is 0 Å². The molecule has 0 saturated heterocycles. The van der Waals surface area contributed by atoms with Gasteiger partial charge in [0.15, 0.2) is 0 Å². The largest absolute Gasteiger partial charge is 0.373 e. The second-order valence-electron chi connectivity index (χ2n) is 6.14. The number of hydrogen-bond acceptors (Lipinski definition) is 4. The Balaban J connectivity index is 1.69. The van der Waals surface area contributed by atoms with Crippen molar-refractivity contribution in [1.29, 1.82) is 0 Å². The zero-order chi connectivity index (χ0) is 17.9. The normalized spacial score (nSPS) is 18.2. The van der Waals surface area contributed by atoms with Crippen molar-refractivity contribution in [3.05, 3.63) is 71.3 Å². The monoisotopic (exact) mass is 359 g/mol. The van der Waals surface area contributed by atoms with E-state index in [0.717, 1.165) is 17.5 Å². The predicted molar refractivity (Wildman–Crippen MR) is 95.4 cm³/mol. The first kappa shape index (κ1) is 17.6. The van der Waals surface area contributed by atoms with Gasteiger partial charge in [-0.1, -0.05) is 54.6 Å². The fourth-order valence-corrected chi connectivity index (χ4v) is 4.10. The van der Waals surface area contributed by atoms with Crippen molar-refractivity contribution in [2.45, 2.75) is 31.1 Å². The third-order valence-corrected chi connectivity index (χ3v) is 6.17. The summed E-state index contributed by atoms with van der Waals surface area (Å²) in [6, 6.07) is 16.6. The van der Waals surface area contributed by atoms with Gasteiger partial charge in [-0.15, -0.1) is 0 Å². The zero-order valence-corrected chi connectivity index (χ0v) is 14.8. The molecule has 25 heavy (non-hydrogen) atoms. The van der Waals surface area contributed by atoms with Crippen molar-refractivity contribution in [3.63, 3.8) is 0 Å². The number of rotatable bonds is 5. The van der Waals surface area contributed by atoms with E-state index in [0.29, 0.717) is 12.2 Å². The Kier molecular flexibility index (Phi) is 5.20. The minimum atomic E-state index is -3.80. The molecule has 2 aromatic rings. The van der Waals surface area contributed by atoms with Crippen LogP contribution in [-0.4, -0.2) is 20.9 Å². The van der Waals surface area contributed by atoms with E-state index in [4.69, 9.17) is 4.74 Å². The standard InChI is InChI=1S/C19H21NO4S/c1-14(15-7-3-2-4-8-15)25(22,23)20-19(21)13-18-17-10-6-5-9-16(17)11-12-24-18/h2-10,14,18H,11-13H2,1H3,(H,20,21)/t14-,18-/m1/s1. The molecule has 0 aromatic heterocycles. The van der Waals surface area contributed by atoms with Crippen LogP contribution in [0, 0.1) is 0 Å². The molecule has 2 aromatic carbocycles. The Morgan fingerprint density at radius 3 is 2.60 bits per heavy atom. The first-order chi connectivity index (χ1) is 12.0. The van der Waals surface area contributed by atoms with Gasteiger partial charge in [0.1, 0.15) is 5.25 Å². The molecule has 1 N–H and O–H groups in total. The lowest BCUT2D eigenvalue weighted by molar-refractivity contribution is -0.122. The molecular formula is C19H21NO4S. The molecule has 132 valence electrons. The van der Waals surface area contributed by atoms with Crippen LogP contribution in [0.25, 0.3) is 0 Å². The van der Waals surface area contributed by atoms with Crippen LogP contribution in [-0.2, 0) is 26.0 Å². The molecule has 3 rings (SSSR count). The van der Waals surface area contributed by atoms with Crippen LogP contribution >= 0.6 is 0 Å². The number of carbonyl (C=O) groups excluding carboxylic acids is 1. The topological polar surface area (TPSA) is 72.5 Å². The van der Waals surface area contributed by atoms with Gasteiger partial charge in [-0.3, -0.25) is 9.52 Å². The molecule has 1 aliphatic heterocycles. The number of fused-ring (bicyclic) bond motifs is 1. The summed E-state index contributed by atoms with van der Waals surface area (Å²) in [6.07, 6.45) is 0.377. The number of ether oxygens (including phenoxy) is 1. The van der Waals surface area contributed by atoms with E-state index in [1.165, 1.54) is 0 Å². The number of benzene rings is 2. The summed E-state index contributed by atoms with van der Waals surface area (Å²) in [5.74, 6) is -0.551. The lowest BCUT2D eigenvalue weighted by Crippen LogP contribution is -2.35. The lowest BCUT2D eigenvalue weighted by Gasteiger charge is -2.25. The Morgan fingerprint density at radius 2 is 1.84 bits per heavy atom. The quantitative estimate of drug-likeness (QED) is 0.891. The molecule has 2 atom stereocenters. The highest BCUT2D eigenvalue weighted by molar-refractivity contribution is 7.90. The summed E-state index contributed by atoms with van der Waals surface area (Å²) in [7, 11) is -3.80. The van der Waals surface area contributed by atoms with Gasteiger partial charge in [0, 0.05) is 0 Å². The van der Waals surface area contributed by atoms with Gasteiger partial charge in [-0.2, -0.15) is 0 Å². The third-order valence-electron chi connectivity index (χ3n) is 4.45. The number of nitrogens with one attached hydrogen (secondary N) is 1. The van der Waals surface area contributed by atoms with Crippen molar-refractivity contribution < 1.29 is 17.9 Å². The number of carbonyl (C=O) groups is 1. The van der Waals surface area contributed by atoms with Crippen LogP contribution in [0.15, 0.2) is 54.6 Å². The molecular weight excluding hydrogens is 338 g/mol. The molecule has 6 heteroatoms. The highest BCUT2D eigenvalue weighted by Crippen LogP contribution is 2.29. The van der Waals surface area contributed by atoms with Crippen molar-refractivity contribution in [2.24, 2.45) is 0 Å². The maximum atomic E-state index is 12.5. The summed E-state index contributed by atoms with van der Waals surface area (Å²) in [6.45, 7) is 2.10. The van der Waals surface area contributed by atoms with Gasteiger partial charge < -0.3 is 4.74 Å². The van der Waals surface area contributed by atoms with Gasteiger partial charge in [-0.25, -0.2) is 8.42 Å². The Morgan fingerprint density at radius 1 is 1.16 bits per heavy atom. The Bertz CT molecular complexity index is 849. The fraction of sp³-hybridized carbons (Fsp3) is 0.316. The van der Waals surface area contributed by atoms with Crippen LogP contribution in [0.1, 0.15) is 41.4 Å². The maximum absolute atomic E-state index is 12.5. The number of sulfonamides is 1. The van der Waals surface area contributed by atoms with Crippen molar-refractivity contribution in [2.75, 3.05) is 6.61 Å². The first-order valence-corrected chi connectivity index (χ1v) is 9.81. The molecule has 0 saturated carbocycles. The van der Waals surface area contributed by atoms with E-state index in [2.05, 4.69) is 4.72 Å². The lowest BCUT2D eigenvalue weighted by atomic mass is 9.96. The van der Waals surface area contributed by atoms with E-state index in [1.54, 1.807) is 31.2 Å². The van der Waals surface area contributed by atoms with E-state index >= 15 is 0 Å². The summed E-state index contributed by atoms with van der Waals surface area (Å²) in [4.78, 5) is 12.3. The average Bonchev–Trinajstić information content (AvgIpc) is 2.61. The highest BCUT2D eigenvalue weighted by Gasteiger charge is 2.28. The molecule has 0 spiro atoms. The van der Waals surface area contributed by atoms with Crippen LogP contribution in [0.2, 0.25) is 0 Å². The molecule has 0 aliphatic carbocycles. The van der Waals surface area contributed by atoms with Crippen molar-refractivity contribution in [1.82, 2.24) is 4.72 Å². The summed E-state index contributed by atoms with van der Waals surface area (Å²) in [5, 5.41) is -0.808. The van der Waals surface area contributed by atoms with Gasteiger partial charge in [0.05, 0.1) is 19.1 Å².